The molecule has 1 unspecified atom stereocenters. The average Bonchev–Trinajstić information content (AvgIpc) is 2.44. The first kappa shape index (κ1) is 15.1. The molecule has 0 fully saturated rings. The Bertz CT molecular complexity index is 664. The number of nitrogens with two attached hydrogens (primary N) is 1. The first-order chi connectivity index (χ1) is 9.97. The Morgan fingerprint density at radius 3 is 2.71 bits per heavy atom. The van der Waals surface area contributed by atoms with Gasteiger partial charge in [-0.1, -0.05) is 23.7 Å². The van der Waals surface area contributed by atoms with Gasteiger partial charge in [0.2, 0.25) is 0 Å². The van der Waals surface area contributed by atoms with Crippen LogP contribution in [0, 0.1) is 5.82 Å². The van der Waals surface area contributed by atoms with E-state index in [4.69, 9.17) is 22.1 Å². The number of hydrogen-bond donors (Lipinski definition) is 2. The molecule has 4 nitrogen and oxygen atoms in total. The molecule has 3 N–H and O–H groups in total. The number of anilines is 2. The topological polar surface area (TPSA) is 64.3 Å². The van der Waals surface area contributed by atoms with Crippen LogP contribution < -0.4 is 15.8 Å². The Labute approximate surface area is 126 Å². The predicted octanol–water partition coefficient (Wildman–Crippen LogP) is 3.47. The van der Waals surface area contributed by atoms with Gasteiger partial charge in [-0.15, -0.1) is 0 Å². The summed E-state index contributed by atoms with van der Waals surface area (Å²) in [6.07, 6.45) is -0.812. The van der Waals surface area contributed by atoms with Crippen LogP contribution in [-0.2, 0) is 4.79 Å². The van der Waals surface area contributed by atoms with Crippen molar-refractivity contribution in [1.82, 2.24) is 0 Å². The van der Waals surface area contributed by atoms with E-state index in [0.717, 1.165) is 6.07 Å². The van der Waals surface area contributed by atoms with Crippen molar-refractivity contribution >= 4 is 28.9 Å². The van der Waals surface area contributed by atoms with E-state index in [1.54, 1.807) is 31.2 Å². The molecule has 0 saturated carbocycles. The zero-order valence-electron chi connectivity index (χ0n) is 11.3. The van der Waals surface area contributed by atoms with Gasteiger partial charge in [0.1, 0.15) is 11.6 Å². The third-order valence-corrected chi connectivity index (χ3v) is 3.08. The van der Waals surface area contributed by atoms with E-state index in [-0.39, 0.29) is 16.7 Å². The molecule has 2 aromatic carbocycles. The monoisotopic (exact) mass is 308 g/mol. The van der Waals surface area contributed by atoms with Crippen molar-refractivity contribution in [1.29, 1.82) is 0 Å². The molecule has 0 bridgehead atoms. The van der Waals surface area contributed by atoms with Crippen molar-refractivity contribution in [2.24, 2.45) is 0 Å². The van der Waals surface area contributed by atoms with Crippen molar-refractivity contribution in [2.75, 3.05) is 11.1 Å². The molecular formula is C15H14ClFN2O2. The van der Waals surface area contributed by atoms with E-state index in [1.807, 2.05) is 0 Å². The molecule has 0 saturated heterocycles. The predicted molar refractivity (Wildman–Crippen MR) is 81.0 cm³/mol. The van der Waals surface area contributed by atoms with Crippen molar-refractivity contribution in [3.63, 3.8) is 0 Å². The maximum absolute atomic E-state index is 12.9. The molecular weight excluding hydrogens is 295 g/mol. The molecule has 0 heterocycles. The van der Waals surface area contributed by atoms with Gasteiger partial charge >= 0.3 is 0 Å². The highest BCUT2D eigenvalue weighted by Gasteiger charge is 2.17. The summed E-state index contributed by atoms with van der Waals surface area (Å²) < 4.78 is 18.4. The van der Waals surface area contributed by atoms with Crippen molar-refractivity contribution in [3.8, 4) is 5.75 Å². The van der Waals surface area contributed by atoms with Gasteiger partial charge < -0.3 is 15.8 Å². The number of para-hydroxylation sites is 2. The molecule has 1 amide bonds. The molecule has 0 aliphatic rings. The summed E-state index contributed by atoms with van der Waals surface area (Å²) in [5.74, 6) is -0.614. The Hall–Kier alpha value is -2.27. The van der Waals surface area contributed by atoms with Gasteiger partial charge in [-0.05, 0) is 37.3 Å². The van der Waals surface area contributed by atoms with Crippen molar-refractivity contribution in [2.45, 2.75) is 13.0 Å². The molecule has 1 atom stereocenters. The van der Waals surface area contributed by atoms with Gasteiger partial charge in [-0.2, -0.15) is 0 Å². The van der Waals surface area contributed by atoms with E-state index in [2.05, 4.69) is 5.32 Å². The fourth-order valence-corrected chi connectivity index (χ4v) is 1.87. The van der Waals surface area contributed by atoms with Crippen LogP contribution in [0.2, 0.25) is 5.02 Å². The lowest BCUT2D eigenvalue weighted by Gasteiger charge is -2.16. The highest BCUT2D eigenvalue weighted by atomic mass is 35.5. The zero-order chi connectivity index (χ0) is 15.4. The van der Waals surface area contributed by atoms with E-state index < -0.39 is 11.9 Å². The molecule has 110 valence electrons. The minimum absolute atomic E-state index is 0.105. The Morgan fingerprint density at radius 2 is 2.05 bits per heavy atom. The summed E-state index contributed by atoms with van der Waals surface area (Å²) in [6.45, 7) is 1.56. The van der Waals surface area contributed by atoms with Crippen LogP contribution in [0.4, 0.5) is 15.8 Å². The quantitative estimate of drug-likeness (QED) is 0.850. The lowest BCUT2D eigenvalue weighted by molar-refractivity contribution is -0.122. The Morgan fingerprint density at radius 1 is 1.33 bits per heavy atom. The van der Waals surface area contributed by atoms with E-state index >= 15 is 0 Å². The minimum Gasteiger partial charge on any atom is -0.479 e. The van der Waals surface area contributed by atoms with Crippen LogP contribution in [0.25, 0.3) is 0 Å². The van der Waals surface area contributed by atoms with Crippen LogP contribution in [-0.4, -0.2) is 12.0 Å². The summed E-state index contributed by atoms with van der Waals surface area (Å²) in [6, 6.07) is 10.6. The lowest BCUT2D eigenvalue weighted by atomic mass is 10.2. The van der Waals surface area contributed by atoms with Crippen LogP contribution in [0.5, 0.6) is 5.75 Å². The molecule has 2 rings (SSSR count). The third kappa shape index (κ3) is 3.86. The van der Waals surface area contributed by atoms with Gasteiger partial charge in [-0.3, -0.25) is 4.79 Å². The number of benzene rings is 2. The lowest BCUT2D eigenvalue weighted by Crippen LogP contribution is -2.30. The second-order valence-electron chi connectivity index (χ2n) is 4.41. The fraction of sp³-hybridized carbons (Fsp3) is 0.133. The Kier molecular flexibility index (Phi) is 4.65. The second kappa shape index (κ2) is 6.45. The SMILES string of the molecule is CC(Oc1ccc(F)cc1Cl)C(=O)Nc1ccccc1N. The molecule has 0 radical (unpaired) electrons. The van der Waals surface area contributed by atoms with Gasteiger partial charge in [0, 0.05) is 0 Å². The number of nitrogens with one attached hydrogen (secondary N) is 1. The van der Waals surface area contributed by atoms with Crippen LogP contribution >= 0.6 is 11.6 Å². The first-order valence-corrected chi connectivity index (χ1v) is 6.62. The van der Waals surface area contributed by atoms with Crippen LogP contribution in [0.15, 0.2) is 42.5 Å². The third-order valence-electron chi connectivity index (χ3n) is 2.79. The normalized spacial score (nSPS) is 11.8. The number of carbonyl (C=O) groups excluding carboxylic acids is 1. The first-order valence-electron chi connectivity index (χ1n) is 6.24. The van der Waals surface area contributed by atoms with E-state index in [1.165, 1.54) is 12.1 Å². The number of amides is 1. The molecule has 0 aromatic heterocycles. The summed E-state index contributed by atoms with van der Waals surface area (Å²) >= 11 is 5.85. The average molecular weight is 309 g/mol. The maximum atomic E-state index is 12.9. The summed E-state index contributed by atoms with van der Waals surface area (Å²) in [5.41, 5.74) is 6.70. The second-order valence-corrected chi connectivity index (χ2v) is 4.82. The number of rotatable bonds is 4. The van der Waals surface area contributed by atoms with E-state index in [9.17, 15) is 9.18 Å². The van der Waals surface area contributed by atoms with Gasteiger partial charge in [0.25, 0.3) is 5.91 Å². The maximum Gasteiger partial charge on any atom is 0.265 e. The molecule has 2 aromatic rings. The van der Waals surface area contributed by atoms with Crippen LogP contribution in [0.3, 0.4) is 0 Å². The van der Waals surface area contributed by atoms with Gasteiger partial charge in [0.15, 0.2) is 6.10 Å². The van der Waals surface area contributed by atoms with Gasteiger partial charge in [0.05, 0.1) is 16.4 Å². The van der Waals surface area contributed by atoms with Crippen molar-refractivity contribution < 1.29 is 13.9 Å². The highest BCUT2D eigenvalue weighted by Crippen LogP contribution is 2.26. The highest BCUT2D eigenvalue weighted by molar-refractivity contribution is 6.32. The number of carbonyl (C=O) groups is 1. The smallest absolute Gasteiger partial charge is 0.265 e. The van der Waals surface area contributed by atoms with Gasteiger partial charge in [-0.25, -0.2) is 4.39 Å². The number of halogens is 2. The number of nitrogen functional groups attached to an aromatic ring is 1. The summed E-state index contributed by atoms with van der Waals surface area (Å²) in [4.78, 5) is 12.0. The molecule has 0 aliphatic carbocycles. The summed E-state index contributed by atoms with van der Waals surface area (Å²) in [7, 11) is 0. The van der Waals surface area contributed by atoms with Crippen LogP contribution in [0.1, 0.15) is 6.92 Å². The minimum atomic E-state index is -0.812. The number of hydrogen-bond acceptors (Lipinski definition) is 3. The van der Waals surface area contributed by atoms with E-state index in [0.29, 0.717) is 11.4 Å². The molecule has 21 heavy (non-hydrogen) atoms. The zero-order valence-corrected chi connectivity index (χ0v) is 12.0. The fourth-order valence-electron chi connectivity index (χ4n) is 1.66. The molecule has 6 heteroatoms. The van der Waals surface area contributed by atoms with Crippen molar-refractivity contribution in [3.05, 3.63) is 53.3 Å². The largest absolute Gasteiger partial charge is 0.479 e. The summed E-state index contributed by atoms with van der Waals surface area (Å²) in [5, 5.41) is 2.76. The Balaban J connectivity index is 2.04. The standard InChI is InChI=1S/C15H14ClFN2O2/c1-9(21-14-7-6-10(17)8-11(14)16)15(20)19-13-5-3-2-4-12(13)18/h2-9H,18H2,1H3,(H,19,20). The molecule has 0 spiro atoms. The number of ether oxygens (including phenoxy) is 1. The molecule has 0 aliphatic heterocycles.